The van der Waals surface area contributed by atoms with Crippen LogP contribution in [0.1, 0.15) is 36.6 Å². The third-order valence-corrected chi connectivity index (χ3v) is 4.28. The Morgan fingerprint density at radius 2 is 1.27 bits per heavy atom. The van der Waals surface area contributed by atoms with Gasteiger partial charge in [0.05, 0.1) is 11.1 Å². The molecule has 7 nitrogen and oxygen atoms in total. The number of carbonyl (C=O) groups excluding carboxylic acids is 4. The van der Waals surface area contributed by atoms with Crippen molar-refractivity contribution in [2.24, 2.45) is 0 Å². The van der Waals surface area contributed by atoms with Gasteiger partial charge in [-0.15, -0.1) is 0 Å². The predicted octanol–water partition coefficient (Wildman–Crippen LogP) is 1.87. The summed E-state index contributed by atoms with van der Waals surface area (Å²) in [4.78, 5) is 55.2. The summed E-state index contributed by atoms with van der Waals surface area (Å²) in [5, 5.41) is 0.420. The number of hydrogen-bond donors (Lipinski definition) is 0. The number of nitrogens with zero attached hydrogens (tertiary/aromatic N) is 2. The summed E-state index contributed by atoms with van der Waals surface area (Å²) in [6.07, 6.45) is 0. The van der Waals surface area contributed by atoms with Crippen LogP contribution in [0.5, 0.6) is 0 Å². The Kier molecular flexibility index (Phi) is 3.43. The second kappa shape index (κ2) is 5.66. The van der Waals surface area contributed by atoms with Crippen LogP contribution < -0.4 is 0 Å². The molecular formula is C19H12N2O5. The second-order valence-corrected chi connectivity index (χ2v) is 5.80. The summed E-state index contributed by atoms with van der Waals surface area (Å²) in [5.41, 5.74) is 1.76. The summed E-state index contributed by atoms with van der Waals surface area (Å²) < 4.78 is 0. The van der Waals surface area contributed by atoms with Gasteiger partial charge in [-0.05, 0) is 18.2 Å². The van der Waals surface area contributed by atoms with Gasteiger partial charge in [0.1, 0.15) is 6.54 Å². The summed E-state index contributed by atoms with van der Waals surface area (Å²) in [5.74, 6) is -2.73. The van der Waals surface area contributed by atoms with E-state index in [-0.39, 0.29) is 17.0 Å². The summed E-state index contributed by atoms with van der Waals surface area (Å²) in [6, 6.07) is 13.0. The van der Waals surface area contributed by atoms with Crippen LogP contribution in [0.4, 0.5) is 0 Å². The first-order valence-corrected chi connectivity index (χ1v) is 7.78. The first-order chi connectivity index (χ1) is 12.5. The molecule has 0 saturated heterocycles. The Balaban J connectivity index is 1.50. The third-order valence-electron chi connectivity index (χ3n) is 4.28. The van der Waals surface area contributed by atoms with Crippen LogP contribution in [0.25, 0.3) is 5.70 Å². The topological polar surface area (TPSA) is 84.0 Å². The van der Waals surface area contributed by atoms with Crippen molar-refractivity contribution in [2.45, 2.75) is 0 Å². The van der Waals surface area contributed by atoms with E-state index >= 15 is 0 Å². The number of amides is 3. The number of hydrogen-bond acceptors (Lipinski definition) is 5. The fraction of sp³-hybridized carbons (Fsp3) is 0.0526. The molecule has 0 aliphatic carbocycles. The Morgan fingerprint density at radius 3 is 1.77 bits per heavy atom. The van der Waals surface area contributed by atoms with E-state index in [9.17, 15) is 19.2 Å². The Hall–Kier alpha value is -3.74. The highest BCUT2D eigenvalue weighted by molar-refractivity contribution is 6.21. The van der Waals surface area contributed by atoms with Crippen molar-refractivity contribution >= 4 is 29.4 Å². The first-order valence-electron chi connectivity index (χ1n) is 7.78. The molecule has 0 spiro atoms. The monoisotopic (exact) mass is 348 g/mol. The van der Waals surface area contributed by atoms with Crippen LogP contribution in [-0.4, -0.2) is 40.2 Å². The van der Waals surface area contributed by atoms with Gasteiger partial charge in [0.25, 0.3) is 17.7 Å². The zero-order valence-corrected chi connectivity index (χ0v) is 13.5. The first kappa shape index (κ1) is 15.8. The fourth-order valence-corrected chi connectivity index (χ4v) is 3.01. The molecule has 2 aliphatic rings. The highest BCUT2D eigenvalue weighted by atomic mass is 16.7. The average Bonchev–Trinajstić information content (AvgIpc) is 3.03. The number of benzene rings is 2. The quantitative estimate of drug-likeness (QED) is 0.791. The molecule has 2 aromatic rings. The molecule has 7 heteroatoms. The van der Waals surface area contributed by atoms with Gasteiger partial charge in [0.15, 0.2) is 0 Å². The van der Waals surface area contributed by atoms with Crippen molar-refractivity contribution < 1.29 is 24.0 Å². The Bertz CT molecular complexity index is 861. The SMILES string of the molecule is C=C1c2ccccc2C(=O)N1CC(=O)ON1C(=O)c2ccccc2C1=O. The average molecular weight is 348 g/mol. The molecule has 128 valence electrons. The van der Waals surface area contributed by atoms with Gasteiger partial charge in [-0.2, -0.15) is 0 Å². The molecule has 26 heavy (non-hydrogen) atoms. The van der Waals surface area contributed by atoms with Crippen LogP contribution in [-0.2, 0) is 9.63 Å². The Labute approximate surface area is 148 Å². The van der Waals surface area contributed by atoms with E-state index in [4.69, 9.17) is 4.84 Å². The standard InChI is InChI=1S/C19H12N2O5/c1-11-12-6-2-3-7-13(12)17(23)20(11)10-16(22)26-21-18(24)14-8-4-5-9-15(14)19(21)25/h2-9H,1,10H2. The number of rotatable bonds is 3. The highest BCUT2D eigenvalue weighted by Crippen LogP contribution is 2.31. The highest BCUT2D eigenvalue weighted by Gasteiger charge is 2.40. The van der Waals surface area contributed by atoms with Crippen molar-refractivity contribution in [1.82, 2.24) is 9.96 Å². The van der Waals surface area contributed by atoms with Crippen molar-refractivity contribution in [3.05, 3.63) is 77.4 Å². The molecular weight excluding hydrogens is 336 g/mol. The zero-order valence-electron chi connectivity index (χ0n) is 13.5. The minimum atomic E-state index is -0.915. The number of carbonyl (C=O) groups is 4. The van der Waals surface area contributed by atoms with E-state index in [0.717, 1.165) is 4.90 Å². The predicted molar refractivity (Wildman–Crippen MR) is 89.5 cm³/mol. The van der Waals surface area contributed by atoms with E-state index in [0.29, 0.717) is 21.9 Å². The van der Waals surface area contributed by atoms with Gasteiger partial charge in [-0.3, -0.25) is 19.3 Å². The van der Waals surface area contributed by atoms with Crippen LogP contribution >= 0.6 is 0 Å². The van der Waals surface area contributed by atoms with Crippen molar-refractivity contribution in [3.63, 3.8) is 0 Å². The zero-order chi connectivity index (χ0) is 18.4. The minimum absolute atomic E-state index is 0.166. The number of hydroxylamine groups is 2. The summed E-state index contributed by atoms with van der Waals surface area (Å²) in [6.45, 7) is 3.37. The molecule has 2 aliphatic heterocycles. The number of fused-ring (bicyclic) bond motifs is 2. The van der Waals surface area contributed by atoms with Gasteiger partial charge in [-0.25, -0.2) is 4.79 Å². The molecule has 2 heterocycles. The van der Waals surface area contributed by atoms with Gasteiger partial charge < -0.3 is 4.84 Å². The van der Waals surface area contributed by atoms with Crippen molar-refractivity contribution in [1.29, 1.82) is 0 Å². The van der Waals surface area contributed by atoms with Crippen LogP contribution in [0, 0.1) is 0 Å². The van der Waals surface area contributed by atoms with E-state index in [1.54, 1.807) is 36.4 Å². The minimum Gasteiger partial charge on any atom is -0.328 e. The van der Waals surface area contributed by atoms with Crippen LogP contribution in [0.2, 0.25) is 0 Å². The lowest BCUT2D eigenvalue weighted by Crippen LogP contribution is -2.37. The largest absolute Gasteiger partial charge is 0.352 e. The lowest BCUT2D eigenvalue weighted by atomic mass is 10.1. The summed E-state index contributed by atoms with van der Waals surface area (Å²) in [7, 11) is 0. The molecule has 0 atom stereocenters. The lowest BCUT2D eigenvalue weighted by molar-refractivity contribution is -0.168. The van der Waals surface area contributed by atoms with Gasteiger partial charge in [0, 0.05) is 16.8 Å². The molecule has 0 N–H and O–H groups in total. The molecule has 0 aromatic heterocycles. The van der Waals surface area contributed by atoms with E-state index in [2.05, 4.69) is 6.58 Å². The maximum atomic E-state index is 12.4. The van der Waals surface area contributed by atoms with Crippen molar-refractivity contribution in [3.8, 4) is 0 Å². The normalized spacial score (nSPS) is 15.4. The second-order valence-electron chi connectivity index (χ2n) is 5.80. The molecule has 0 unspecified atom stereocenters. The smallest absolute Gasteiger partial charge is 0.328 e. The van der Waals surface area contributed by atoms with Crippen LogP contribution in [0.3, 0.4) is 0 Å². The van der Waals surface area contributed by atoms with Crippen molar-refractivity contribution in [2.75, 3.05) is 6.54 Å². The Morgan fingerprint density at radius 1 is 0.808 bits per heavy atom. The molecule has 3 amide bonds. The third kappa shape index (κ3) is 2.21. The van der Waals surface area contributed by atoms with Gasteiger partial charge in [0.2, 0.25) is 0 Å². The molecule has 0 fully saturated rings. The molecule has 0 saturated carbocycles. The van der Waals surface area contributed by atoms with E-state index in [1.165, 1.54) is 12.1 Å². The van der Waals surface area contributed by atoms with Gasteiger partial charge >= 0.3 is 5.97 Å². The molecule has 4 rings (SSSR count). The van der Waals surface area contributed by atoms with E-state index in [1.807, 2.05) is 0 Å². The van der Waals surface area contributed by atoms with Crippen LogP contribution in [0.15, 0.2) is 55.1 Å². The molecule has 2 aromatic carbocycles. The van der Waals surface area contributed by atoms with E-state index < -0.39 is 24.3 Å². The maximum absolute atomic E-state index is 12.4. The fourth-order valence-electron chi connectivity index (χ4n) is 3.01. The maximum Gasteiger partial charge on any atom is 0.352 e. The molecule has 0 bridgehead atoms. The summed E-state index contributed by atoms with van der Waals surface area (Å²) >= 11 is 0. The lowest BCUT2D eigenvalue weighted by Gasteiger charge is -2.18. The molecule has 0 radical (unpaired) electrons. The number of imide groups is 1. The van der Waals surface area contributed by atoms with Gasteiger partial charge in [-0.1, -0.05) is 42.0 Å².